The van der Waals surface area contributed by atoms with Gasteiger partial charge in [0, 0.05) is 17.5 Å². The summed E-state index contributed by atoms with van der Waals surface area (Å²) in [6.45, 7) is 0.443. The lowest BCUT2D eigenvalue weighted by atomic mass is 10.1. The van der Waals surface area contributed by atoms with Crippen LogP contribution in [0, 0.1) is 0 Å². The number of anilines is 1. The van der Waals surface area contributed by atoms with Crippen molar-refractivity contribution in [3.63, 3.8) is 0 Å². The molecule has 0 bridgehead atoms. The third kappa shape index (κ3) is 4.05. The van der Waals surface area contributed by atoms with Crippen LogP contribution in [0.15, 0.2) is 29.6 Å². The zero-order chi connectivity index (χ0) is 16.2. The maximum atomic E-state index is 12.2. The average molecular weight is 370 g/mol. The van der Waals surface area contributed by atoms with Crippen molar-refractivity contribution in [1.82, 2.24) is 4.98 Å². The lowest BCUT2D eigenvalue weighted by Crippen LogP contribution is -2.29. The number of benzene rings is 1. The fourth-order valence-corrected chi connectivity index (χ4v) is 3.28. The molecule has 1 aliphatic rings. The molecule has 0 unspecified atom stereocenters. The third-order valence-corrected chi connectivity index (χ3v) is 4.54. The number of aromatic nitrogens is 1. The van der Waals surface area contributed by atoms with Gasteiger partial charge in [-0.05, 0) is 25.0 Å². The van der Waals surface area contributed by atoms with E-state index in [0.29, 0.717) is 18.1 Å². The highest BCUT2D eigenvalue weighted by Crippen LogP contribution is 2.32. The van der Waals surface area contributed by atoms with Gasteiger partial charge in [0.2, 0.25) is 0 Å². The molecule has 0 saturated carbocycles. The van der Waals surface area contributed by atoms with Gasteiger partial charge in [-0.3, -0.25) is 10.1 Å². The van der Waals surface area contributed by atoms with Crippen LogP contribution in [0.1, 0.15) is 12.8 Å². The Morgan fingerprint density at radius 3 is 2.96 bits per heavy atom. The van der Waals surface area contributed by atoms with Crippen molar-refractivity contribution < 1.29 is 14.3 Å². The summed E-state index contributed by atoms with van der Waals surface area (Å²) in [5, 5.41) is 5.26. The number of nitrogens with one attached hydrogen (secondary N) is 1. The van der Waals surface area contributed by atoms with Gasteiger partial charge in [0.05, 0.1) is 18.9 Å². The molecule has 1 aliphatic heterocycles. The van der Waals surface area contributed by atoms with Gasteiger partial charge in [0.25, 0.3) is 5.91 Å². The van der Waals surface area contributed by atoms with Gasteiger partial charge in [-0.25, -0.2) is 4.98 Å². The molecule has 3 rings (SSSR count). The van der Waals surface area contributed by atoms with Gasteiger partial charge < -0.3 is 15.2 Å². The van der Waals surface area contributed by atoms with E-state index in [4.69, 9.17) is 15.2 Å². The van der Waals surface area contributed by atoms with Crippen LogP contribution < -0.4 is 15.8 Å². The number of halogens is 1. The minimum absolute atomic E-state index is 0. The Kier molecular flexibility index (Phi) is 6.56. The number of rotatable bonds is 5. The molecular weight excluding hydrogens is 350 g/mol. The molecule has 6 nitrogen and oxygen atoms in total. The summed E-state index contributed by atoms with van der Waals surface area (Å²) >= 11 is 1.38. The number of para-hydroxylation sites is 1. The Hall–Kier alpha value is -1.67. The molecule has 1 saturated heterocycles. The number of hydrogen-bond acceptors (Lipinski definition) is 6. The summed E-state index contributed by atoms with van der Waals surface area (Å²) in [6.07, 6.45) is 1.05. The number of amides is 1. The van der Waals surface area contributed by atoms with Crippen LogP contribution in [0.5, 0.6) is 5.75 Å². The maximum absolute atomic E-state index is 12.2. The summed E-state index contributed by atoms with van der Waals surface area (Å²) in [5.41, 5.74) is 7.23. The Morgan fingerprint density at radius 1 is 1.46 bits per heavy atom. The van der Waals surface area contributed by atoms with Gasteiger partial charge >= 0.3 is 0 Å². The monoisotopic (exact) mass is 369 g/mol. The van der Waals surface area contributed by atoms with Crippen LogP contribution in [0.25, 0.3) is 11.3 Å². The van der Waals surface area contributed by atoms with E-state index in [9.17, 15) is 4.79 Å². The highest BCUT2D eigenvalue weighted by molar-refractivity contribution is 7.14. The molecule has 8 heteroatoms. The Morgan fingerprint density at radius 2 is 2.25 bits per heavy atom. The average Bonchev–Trinajstić information content (AvgIpc) is 3.24. The van der Waals surface area contributed by atoms with Crippen molar-refractivity contribution in [3.05, 3.63) is 29.6 Å². The van der Waals surface area contributed by atoms with Crippen LogP contribution in [0.2, 0.25) is 0 Å². The fraction of sp³-hybridized carbons (Fsp3) is 0.375. The molecule has 0 spiro atoms. The van der Waals surface area contributed by atoms with Gasteiger partial charge in [-0.2, -0.15) is 0 Å². The molecule has 2 atom stereocenters. The number of hydrogen-bond donors (Lipinski definition) is 2. The summed E-state index contributed by atoms with van der Waals surface area (Å²) in [6, 6.07) is 7.65. The van der Waals surface area contributed by atoms with E-state index in [2.05, 4.69) is 10.3 Å². The summed E-state index contributed by atoms with van der Waals surface area (Å²) < 4.78 is 10.9. The van der Waals surface area contributed by atoms with Crippen LogP contribution >= 0.6 is 23.7 Å². The van der Waals surface area contributed by atoms with E-state index >= 15 is 0 Å². The van der Waals surface area contributed by atoms with E-state index in [0.717, 1.165) is 23.4 Å². The molecule has 0 radical (unpaired) electrons. The van der Waals surface area contributed by atoms with Crippen molar-refractivity contribution in [1.29, 1.82) is 0 Å². The van der Waals surface area contributed by atoms with Crippen LogP contribution in [0.3, 0.4) is 0 Å². The van der Waals surface area contributed by atoms with E-state index in [1.807, 2.05) is 29.6 Å². The molecule has 0 aliphatic carbocycles. The Labute approximate surface area is 150 Å². The standard InChI is InChI=1S/C16H19N3O3S.ClH/c1-21-13-5-3-2-4-11(13)12-9-23-16(18-12)19-15(20)14-7-6-10(8-17)22-14;/h2-5,9-10,14H,6-8,17H2,1H3,(H,18,19,20);1H/t10-,14+;/m1./s1. The molecule has 3 N–H and O–H groups in total. The second-order valence-electron chi connectivity index (χ2n) is 5.29. The second kappa shape index (κ2) is 8.43. The number of ether oxygens (including phenoxy) is 2. The fourth-order valence-electron chi connectivity index (χ4n) is 2.57. The van der Waals surface area contributed by atoms with Gasteiger partial charge in [-0.1, -0.05) is 12.1 Å². The zero-order valence-electron chi connectivity index (χ0n) is 13.2. The van der Waals surface area contributed by atoms with E-state index < -0.39 is 6.10 Å². The number of carbonyl (C=O) groups is 1. The van der Waals surface area contributed by atoms with Gasteiger partial charge in [0.15, 0.2) is 5.13 Å². The predicted molar refractivity (Wildman–Crippen MR) is 96.9 cm³/mol. The van der Waals surface area contributed by atoms with Crippen LogP contribution in [0.4, 0.5) is 5.13 Å². The minimum atomic E-state index is -0.442. The first kappa shape index (κ1) is 18.7. The Balaban J connectivity index is 0.00000208. The summed E-state index contributed by atoms with van der Waals surface area (Å²) in [4.78, 5) is 16.7. The van der Waals surface area contributed by atoms with Crippen LogP contribution in [-0.4, -0.2) is 36.8 Å². The molecule has 1 aromatic heterocycles. The molecule has 24 heavy (non-hydrogen) atoms. The molecule has 1 fully saturated rings. The molecule has 130 valence electrons. The first-order valence-electron chi connectivity index (χ1n) is 7.46. The van der Waals surface area contributed by atoms with Gasteiger partial charge in [-0.15, -0.1) is 23.7 Å². The van der Waals surface area contributed by atoms with E-state index in [-0.39, 0.29) is 24.4 Å². The summed E-state index contributed by atoms with van der Waals surface area (Å²) in [7, 11) is 1.62. The predicted octanol–water partition coefficient (Wildman–Crippen LogP) is 2.69. The lowest BCUT2D eigenvalue weighted by molar-refractivity contribution is -0.126. The first-order chi connectivity index (χ1) is 11.2. The molecule has 1 amide bonds. The Bertz CT molecular complexity index is 695. The molecule has 2 heterocycles. The van der Waals surface area contributed by atoms with E-state index in [1.165, 1.54) is 11.3 Å². The smallest absolute Gasteiger partial charge is 0.255 e. The number of methoxy groups -OCH3 is 1. The number of nitrogens with zero attached hydrogens (tertiary/aromatic N) is 1. The third-order valence-electron chi connectivity index (χ3n) is 3.78. The SMILES string of the molecule is COc1ccccc1-c1csc(NC(=O)[C@@H]2CC[C@H](CN)O2)n1.Cl. The normalized spacial score (nSPS) is 19.6. The number of carbonyl (C=O) groups excluding carboxylic acids is 1. The van der Waals surface area contributed by atoms with E-state index in [1.54, 1.807) is 7.11 Å². The largest absolute Gasteiger partial charge is 0.496 e. The van der Waals surface area contributed by atoms with Crippen LogP contribution in [-0.2, 0) is 9.53 Å². The van der Waals surface area contributed by atoms with Crippen molar-refractivity contribution in [2.24, 2.45) is 5.73 Å². The van der Waals surface area contributed by atoms with Crippen molar-refractivity contribution in [3.8, 4) is 17.0 Å². The molecule has 1 aromatic carbocycles. The van der Waals surface area contributed by atoms with Crippen molar-refractivity contribution in [2.75, 3.05) is 19.0 Å². The van der Waals surface area contributed by atoms with Gasteiger partial charge in [0.1, 0.15) is 11.9 Å². The second-order valence-corrected chi connectivity index (χ2v) is 6.15. The molecule has 2 aromatic rings. The molecular formula is C16H20ClN3O3S. The highest BCUT2D eigenvalue weighted by Gasteiger charge is 2.30. The van der Waals surface area contributed by atoms with Crippen molar-refractivity contribution in [2.45, 2.75) is 25.0 Å². The quantitative estimate of drug-likeness (QED) is 0.846. The topological polar surface area (TPSA) is 86.5 Å². The first-order valence-corrected chi connectivity index (χ1v) is 8.34. The number of nitrogens with two attached hydrogens (primary N) is 1. The zero-order valence-corrected chi connectivity index (χ0v) is 14.9. The maximum Gasteiger partial charge on any atom is 0.255 e. The minimum Gasteiger partial charge on any atom is -0.496 e. The van der Waals surface area contributed by atoms with Crippen molar-refractivity contribution >= 4 is 34.8 Å². The summed E-state index contributed by atoms with van der Waals surface area (Å²) in [5.74, 6) is 0.586. The number of thiazole rings is 1. The highest BCUT2D eigenvalue weighted by atomic mass is 35.5. The lowest BCUT2D eigenvalue weighted by Gasteiger charge is -2.11.